The fourth-order valence-corrected chi connectivity index (χ4v) is 5.36. The largest absolute Gasteiger partial charge is 0.435 e. The Balaban J connectivity index is 1.86. The standard InChI is InChI=1S/C23H28F2N4O4S/c1-14(2)28-18-12-16(21(30)29-23(3)7-9-34(31,32)10-8-23)13-27-20(18)19(26)15-5-4-6-17(11-15)33-22(24)25/h4-6,11-14,22,26,28H,7-10H2,1-3H3,(H,29,30). The molecule has 0 unspecified atom stereocenters. The summed E-state index contributed by atoms with van der Waals surface area (Å²) in [6, 6.07) is 7.32. The van der Waals surface area contributed by atoms with Gasteiger partial charge in [0.2, 0.25) is 0 Å². The summed E-state index contributed by atoms with van der Waals surface area (Å²) in [7, 11) is -3.07. The van der Waals surface area contributed by atoms with E-state index in [0.29, 0.717) is 24.1 Å². The van der Waals surface area contributed by atoms with E-state index in [9.17, 15) is 22.0 Å². The highest BCUT2D eigenvalue weighted by molar-refractivity contribution is 7.91. The van der Waals surface area contributed by atoms with E-state index < -0.39 is 27.9 Å². The molecule has 1 amide bonds. The number of halogens is 2. The van der Waals surface area contributed by atoms with Crippen LogP contribution in [-0.4, -0.2) is 54.7 Å². The maximum Gasteiger partial charge on any atom is 0.387 e. The van der Waals surface area contributed by atoms with Crippen molar-refractivity contribution in [3.63, 3.8) is 0 Å². The fourth-order valence-electron chi connectivity index (χ4n) is 3.63. The third-order valence-electron chi connectivity index (χ3n) is 5.52. The summed E-state index contributed by atoms with van der Waals surface area (Å²) < 4.78 is 53.0. The van der Waals surface area contributed by atoms with E-state index in [4.69, 9.17) is 5.41 Å². The molecule has 1 fully saturated rings. The smallest absolute Gasteiger partial charge is 0.387 e. The Hall–Kier alpha value is -3.08. The molecule has 1 saturated heterocycles. The molecule has 0 aliphatic carbocycles. The Morgan fingerprint density at radius 2 is 1.85 bits per heavy atom. The van der Waals surface area contributed by atoms with Gasteiger partial charge in [-0.15, -0.1) is 0 Å². The first-order valence-electron chi connectivity index (χ1n) is 10.8. The van der Waals surface area contributed by atoms with Crippen LogP contribution in [0.4, 0.5) is 14.5 Å². The number of benzene rings is 1. The lowest BCUT2D eigenvalue weighted by Crippen LogP contribution is -2.51. The molecule has 2 heterocycles. The fraction of sp³-hybridized carbons (Fsp3) is 0.435. The second-order valence-corrected chi connectivity index (χ2v) is 11.2. The van der Waals surface area contributed by atoms with Crippen molar-refractivity contribution < 1.29 is 26.7 Å². The average Bonchev–Trinajstić information content (AvgIpc) is 2.75. The molecular formula is C23H28F2N4O4S. The summed E-state index contributed by atoms with van der Waals surface area (Å²) in [5.41, 5.74) is 0.581. The minimum atomic E-state index is -3.07. The second-order valence-electron chi connectivity index (χ2n) is 8.87. The van der Waals surface area contributed by atoms with Crippen LogP contribution >= 0.6 is 0 Å². The molecule has 184 valence electrons. The maximum absolute atomic E-state index is 12.9. The molecule has 11 heteroatoms. The lowest BCUT2D eigenvalue weighted by molar-refractivity contribution is -0.0498. The van der Waals surface area contributed by atoms with Crippen LogP contribution in [0.2, 0.25) is 0 Å². The first-order valence-corrected chi connectivity index (χ1v) is 12.6. The van der Waals surface area contributed by atoms with E-state index in [2.05, 4.69) is 20.4 Å². The number of pyridine rings is 1. The summed E-state index contributed by atoms with van der Waals surface area (Å²) >= 11 is 0. The average molecular weight is 495 g/mol. The predicted octanol–water partition coefficient (Wildman–Crippen LogP) is 3.62. The highest BCUT2D eigenvalue weighted by Gasteiger charge is 2.34. The lowest BCUT2D eigenvalue weighted by atomic mass is 9.94. The molecule has 0 radical (unpaired) electrons. The van der Waals surface area contributed by atoms with E-state index in [1.165, 1.54) is 24.4 Å². The number of carbonyl (C=O) groups is 1. The van der Waals surface area contributed by atoms with Gasteiger partial charge in [0, 0.05) is 23.3 Å². The van der Waals surface area contributed by atoms with Crippen molar-refractivity contribution in [1.82, 2.24) is 10.3 Å². The molecule has 1 aliphatic heterocycles. The van der Waals surface area contributed by atoms with Gasteiger partial charge in [0.15, 0.2) is 0 Å². The van der Waals surface area contributed by atoms with Crippen LogP contribution in [-0.2, 0) is 9.84 Å². The van der Waals surface area contributed by atoms with Crippen LogP contribution in [0.25, 0.3) is 0 Å². The molecule has 3 N–H and O–H groups in total. The highest BCUT2D eigenvalue weighted by Crippen LogP contribution is 2.26. The van der Waals surface area contributed by atoms with Crippen molar-refractivity contribution in [1.29, 1.82) is 5.41 Å². The zero-order valence-corrected chi connectivity index (χ0v) is 20.0. The molecule has 0 atom stereocenters. The molecule has 0 saturated carbocycles. The molecule has 1 aromatic carbocycles. The van der Waals surface area contributed by atoms with Crippen LogP contribution in [0, 0.1) is 5.41 Å². The summed E-state index contributed by atoms with van der Waals surface area (Å²) in [5, 5.41) is 14.7. The minimum absolute atomic E-state index is 0.0205. The van der Waals surface area contributed by atoms with Gasteiger partial charge in [0.05, 0.1) is 28.5 Å². The zero-order chi connectivity index (χ0) is 25.1. The van der Waals surface area contributed by atoms with E-state index in [1.807, 2.05) is 20.8 Å². The number of aromatic nitrogens is 1. The van der Waals surface area contributed by atoms with Crippen molar-refractivity contribution >= 4 is 27.1 Å². The van der Waals surface area contributed by atoms with E-state index >= 15 is 0 Å². The first kappa shape index (κ1) is 25.5. The van der Waals surface area contributed by atoms with E-state index in [0.717, 1.165) is 0 Å². The SMILES string of the molecule is CC(C)Nc1cc(C(=O)NC2(C)CCS(=O)(=O)CC2)cnc1C(=N)c1cccc(OC(F)F)c1. The molecule has 1 aliphatic rings. The number of hydrogen-bond acceptors (Lipinski definition) is 7. The maximum atomic E-state index is 12.9. The zero-order valence-electron chi connectivity index (χ0n) is 19.2. The molecule has 3 rings (SSSR count). The third kappa shape index (κ3) is 6.49. The predicted molar refractivity (Wildman–Crippen MR) is 126 cm³/mol. The van der Waals surface area contributed by atoms with Gasteiger partial charge in [-0.05, 0) is 51.8 Å². The Bertz CT molecular complexity index is 1170. The van der Waals surface area contributed by atoms with E-state index in [1.54, 1.807) is 12.1 Å². The summed E-state index contributed by atoms with van der Waals surface area (Å²) in [4.78, 5) is 17.3. The van der Waals surface area contributed by atoms with Crippen molar-refractivity contribution in [2.75, 3.05) is 16.8 Å². The topological polar surface area (TPSA) is 121 Å². The monoisotopic (exact) mass is 494 g/mol. The van der Waals surface area contributed by atoms with Crippen molar-refractivity contribution in [3.05, 3.63) is 53.3 Å². The number of carbonyl (C=O) groups excluding carboxylic acids is 1. The first-order chi connectivity index (χ1) is 15.9. The van der Waals surface area contributed by atoms with Crippen LogP contribution in [0.5, 0.6) is 5.75 Å². The van der Waals surface area contributed by atoms with Gasteiger partial charge in [-0.25, -0.2) is 8.42 Å². The van der Waals surface area contributed by atoms with Crippen LogP contribution in [0.15, 0.2) is 36.5 Å². The number of rotatable bonds is 8. The number of nitrogens with one attached hydrogen (secondary N) is 3. The molecule has 34 heavy (non-hydrogen) atoms. The van der Waals surface area contributed by atoms with Crippen LogP contribution < -0.4 is 15.4 Å². The number of ether oxygens (including phenoxy) is 1. The van der Waals surface area contributed by atoms with Crippen LogP contribution in [0.3, 0.4) is 0 Å². The van der Waals surface area contributed by atoms with E-state index in [-0.39, 0.29) is 40.3 Å². The number of hydrogen-bond donors (Lipinski definition) is 3. The van der Waals surface area contributed by atoms with Gasteiger partial charge in [-0.2, -0.15) is 8.78 Å². The summed E-state index contributed by atoms with van der Waals surface area (Å²) in [6.07, 6.45) is 1.99. The van der Waals surface area contributed by atoms with Crippen molar-refractivity contribution in [2.24, 2.45) is 0 Å². The summed E-state index contributed by atoms with van der Waals surface area (Å²) in [5.74, 6) is -0.430. The van der Waals surface area contributed by atoms with Crippen LogP contribution in [0.1, 0.15) is 55.2 Å². The number of amides is 1. The number of alkyl halides is 2. The molecule has 8 nitrogen and oxygen atoms in total. The molecule has 0 bridgehead atoms. The van der Waals surface area contributed by atoms with Crippen molar-refractivity contribution in [3.8, 4) is 5.75 Å². The normalized spacial score (nSPS) is 16.8. The summed E-state index contributed by atoms with van der Waals surface area (Å²) in [6.45, 7) is 2.62. The Morgan fingerprint density at radius 3 is 2.47 bits per heavy atom. The van der Waals surface area contributed by atoms with Gasteiger partial charge in [-0.1, -0.05) is 12.1 Å². The van der Waals surface area contributed by atoms with Gasteiger partial charge >= 0.3 is 6.61 Å². The number of nitrogens with zero attached hydrogens (tertiary/aromatic N) is 1. The van der Waals surface area contributed by atoms with Crippen molar-refractivity contribution in [2.45, 2.75) is 51.8 Å². The van der Waals surface area contributed by atoms with Gasteiger partial charge in [0.1, 0.15) is 21.3 Å². The third-order valence-corrected chi connectivity index (χ3v) is 7.18. The minimum Gasteiger partial charge on any atom is -0.435 e. The van der Waals surface area contributed by atoms with Gasteiger partial charge in [-0.3, -0.25) is 15.2 Å². The highest BCUT2D eigenvalue weighted by atomic mass is 32.2. The molecule has 0 spiro atoms. The second kappa shape index (κ2) is 10.0. The number of sulfone groups is 1. The molecule has 1 aromatic heterocycles. The number of anilines is 1. The Labute approximate surface area is 197 Å². The van der Waals surface area contributed by atoms with Gasteiger partial charge < -0.3 is 15.4 Å². The quantitative estimate of drug-likeness (QED) is 0.482. The molecule has 2 aromatic rings. The van der Waals surface area contributed by atoms with Gasteiger partial charge in [0.25, 0.3) is 5.91 Å². The molecular weight excluding hydrogens is 466 g/mol. The lowest BCUT2D eigenvalue weighted by Gasteiger charge is -2.34. The Kier molecular flexibility index (Phi) is 7.54. The Morgan fingerprint density at radius 1 is 1.18 bits per heavy atom.